The lowest BCUT2D eigenvalue weighted by atomic mass is 10.1. The summed E-state index contributed by atoms with van der Waals surface area (Å²) in [4.78, 5) is 22.6. The summed E-state index contributed by atoms with van der Waals surface area (Å²) < 4.78 is 4.91. The van der Waals surface area contributed by atoms with Crippen LogP contribution in [0.1, 0.15) is 32.3 Å². The average Bonchev–Trinajstić information content (AvgIpc) is 2.46. The Morgan fingerprint density at radius 3 is 2.52 bits per heavy atom. The highest BCUT2D eigenvalue weighted by Gasteiger charge is 2.08. The minimum atomic E-state index is -0.397. The van der Waals surface area contributed by atoms with Crippen LogP contribution in [0.4, 0.5) is 0 Å². The first-order chi connectivity index (χ1) is 10.1. The van der Waals surface area contributed by atoms with E-state index in [1.165, 1.54) is 13.0 Å². The molecule has 21 heavy (non-hydrogen) atoms. The fourth-order valence-electron chi connectivity index (χ4n) is 1.59. The maximum Gasteiger partial charge on any atom is 0.308 e. The van der Waals surface area contributed by atoms with Gasteiger partial charge in [0.2, 0.25) is 0 Å². The van der Waals surface area contributed by atoms with Gasteiger partial charge in [-0.05, 0) is 30.2 Å². The fraction of sp³-hybridized carbons (Fsp3) is 0.312. The molecule has 5 heteroatoms. The largest absolute Gasteiger partial charge is 0.427 e. The molecular formula is C16H18N2O3. The Bertz CT molecular complexity index is 568. The highest BCUT2D eigenvalue weighted by Crippen LogP contribution is 2.14. The first-order valence-electron chi connectivity index (χ1n) is 6.75. The minimum absolute atomic E-state index is 0.0475. The Morgan fingerprint density at radius 2 is 2.00 bits per heavy atom. The van der Waals surface area contributed by atoms with E-state index in [9.17, 15) is 9.59 Å². The summed E-state index contributed by atoms with van der Waals surface area (Å²) in [6.07, 6.45) is 3.35. The Balaban J connectivity index is 2.76. The molecule has 110 valence electrons. The fourth-order valence-corrected chi connectivity index (χ4v) is 1.59. The molecule has 0 atom stereocenters. The highest BCUT2D eigenvalue weighted by atomic mass is 16.5. The number of carbonyl (C=O) groups is 2. The maximum atomic E-state index is 11.8. The molecule has 5 nitrogen and oxygen atoms in total. The number of esters is 1. The molecule has 0 unspecified atom stereocenters. The van der Waals surface area contributed by atoms with E-state index in [1.54, 1.807) is 24.3 Å². The van der Waals surface area contributed by atoms with Crippen molar-refractivity contribution in [3.8, 4) is 11.8 Å². The van der Waals surface area contributed by atoms with Crippen LogP contribution >= 0.6 is 0 Å². The predicted octanol–water partition coefficient (Wildman–Crippen LogP) is 2.44. The summed E-state index contributed by atoms with van der Waals surface area (Å²) in [5, 5.41) is 11.7. The topological polar surface area (TPSA) is 79.2 Å². The molecule has 0 aliphatic heterocycles. The van der Waals surface area contributed by atoms with Gasteiger partial charge in [0.25, 0.3) is 5.91 Å². The zero-order chi connectivity index (χ0) is 15.7. The van der Waals surface area contributed by atoms with Crippen molar-refractivity contribution in [2.75, 3.05) is 6.54 Å². The van der Waals surface area contributed by atoms with Gasteiger partial charge in [-0.1, -0.05) is 25.5 Å². The van der Waals surface area contributed by atoms with Gasteiger partial charge < -0.3 is 10.1 Å². The molecule has 0 saturated heterocycles. The van der Waals surface area contributed by atoms with E-state index in [0.29, 0.717) is 17.9 Å². The number of benzene rings is 1. The molecule has 0 saturated carbocycles. The zero-order valence-corrected chi connectivity index (χ0v) is 12.2. The summed E-state index contributed by atoms with van der Waals surface area (Å²) in [6, 6.07) is 8.46. The van der Waals surface area contributed by atoms with Crippen LogP contribution < -0.4 is 10.1 Å². The van der Waals surface area contributed by atoms with Crippen LogP contribution in [0.5, 0.6) is 5.75 Å². The van der Waals surface area contributed by atoms with Crippen molar-refractivity contribution in [2.45, 2.75) is 26.7 Å². The number of amides is 1. The van der Waals surface area contributed by atoms with Gasteiger partial charge in [-0.3, -0.25) is 9.59 Å². The van der Waals surface area contributed by atoms with Crippen molar-refractivity contribution in [2.24, 2.45) is 0 Å². The van der Waals surface area contributed by atoms with Crippen LogP contribution in [0, 0.1) is 11.3 Å². The highest BCUT2D eigenvalue weighted by molar-refractivity contribution is 6.01. The van der Waals surface area contributed by atoms with E-state index < -0.39 is 5.97 Å². The van der Waals surface area contributed by atoms with E-state index in [4.69, 9.17) is 10.00 Å². The van der Waals surface area contributed by atoms with Gasteiger partial charge in [-0.15, -0.1) is 0 Å². The number of hydrogen-bond donors (Lipinski definition) is 1. The number of unbranched alkanes of at least 4 members (excludes halogenated alkanes) is 1. The van der Waals surface area contributed by atoms with E-state index in [2.05, 4.69) is 5.32 Å². The summed E-state index contributed by atoms with van der Waals surface area (Å²) in [6.45, 7) is 3.90. The van der Waals surface area contributed by atoms with Crippen molar-refractivity contribution in [3.05, 3.63) is 35.4 Å². The van der Waals surface area contributed by atoms with Crippen LogP contribution in [0.2, 0.25) is 0 Å². The van der Waals surface area contributed by atoms with Gasteiger partial charge >= 0.3 is 5.97 Å². The molecule has 1 aromatic carbocycles. The Labute approximate surface area is 124 Å². The molecule has 0 heterocycles. The second kappa shape index (κ2) is 8.54. The molecule has 0 radical (unpaired) electrons. The van der Waals surface area contributed by atoms with Crippen molar-refractivity contribution in [1.29, 1.82) is 5.26 Å². The summed E-state index contributed by atoms with van der Waals surface area (Å²) >= 11 is 0. The lowest BCUT2D eigenvalue weighted by Gasteiger charge is -2.03. The molecule has 1 amide bonds. The van der Waals surface area contributed by atoms with Crippen LogP contribution in [0.15, 0.2) is 29.8 Å². The van der Waals surface area contributed by atoms with Crippen molar-refractivity contribution < 1.29 is 14.3 Å². The normalized spacial score (nSPS) is 10.6. The maximum absolute atomic E-state index is 11.8. The average molecular weight is 286 g/mol. The van der Waals surface area contributed by atoms with Crippen LogP contribution in [-0.4, -0.2) is 18.4 Å². The lowest BCUT2D eigenvalue weighted by Crippen LogP contribution is -2.25. The second-order valence-electron chi connectivity index (χ2n) is 4.44. The molecule has 0 bridgehead atoms. The van der Waals surface area contributed by atoms with Crippen LogP contribution in [0.3, 0.4) is 0 Å². The Kier molecular flexibility index (Phi) is 6.69. The third-order valence-electron chi connectivity index (χ3n) is 2.63. The number of nitrogens with zero attached hydrogens (tertiary/aromatic N) is 1. The predicted molar refractivity (Wildman–Crippen MR) is 79.3 cm³/mol. The number of hydrogen-bond acceptors (Lipinski definition) is 4. The zero-order valence-electron chi connectivity index (χ0n) is 12.2. The number of rotatable bonds is 6. The van der Waals surface area contributed by atoms with E-state index in [-0.39, 0.29) is 11.5 Å². The quantitative estimate of drug-likeness (QED) is 0.286. The van der Waals surface area contributed by atoms with Gasteiger partial charge in [0.15, 0.2) is 0 Å². The van der Waals surface area contributed by atoms with Crippen molar-refractivity contribution in [1.82, 2.24) is 5.32 Å². The molecule has 1 rings (SSSR count). The van der Waals surface area contributed by atoms with Crippen LogP contribution in [0.25, 0.3) is 6.08 Å². The standard InChI is InChI=1S/C16H18N2O3/c1-3-4-9-18-16(20)14(11-17)10-13-5-7-15(8-6-13)21-12(2)19/h5-8,10H,3-4,9H2,1-2H3,(H,18,20)/b14-10+. The monoisotopic (exact) mass is 286 g/mol. The summed E-state index contributed by atoms with van der Waals surface area (Å²) in [5.74, 6) is -0.355. The number of ether oxygens (including phenoxy) is 1. The van der Waals surface area contributed by atoms with Gasteiger partial charge in [0, 0.05) is 13.5 Å². The first kappa shape index (κ1) is 16.4. The molecule has 0 aliphatic rings. The molecule has 1 aromatic rings. The van der Waals surface area contributed by atoms with Crippen LogP contribution in [-0.2, 0) is 9.59 Å². The SMILES string of the molecule is CCCCNC(=O)/C(C#N)=C/c1ccc(OC(C)=O)cc1. The van der Waals surface area contributed by atoms with Gasteiger partial charge in [-0.25, -0.2) is 0 Å². The minimum Gasteiger partial charge on any atom is -0.427 e. The number of carbonyl (C=O) groups excluding carboxylic acids is 2. The van der Waals surface area contributed by atoms with Gasteiger partial charge in [0.1, 0.15) is 17.4 Å². The number of nitriles is 1. The molecular weight excluding hydrogens is 268 g/mol. The summed E-state index contributed by atoms with van der Waals surface area (Å²) in [5.41, 5.74) is 0.736. The molecule has 0 aromatic heterocycles. The first-order valence-corrected chi connectivity index (χ1v) is 6.75. The third kappa shape index (κ3) is 5.91. The van der Waals surface area contributed by atoms with E-state index in [0.717, 1.165) is 12.8 Å². The Hall–Kier alpha value is -2.61. The summed E-state index contributed by atoms with van der Waals surface area (Å²) in [7, 11) is 0. The van der Waals surface area contributed by atoms with Crippen molar-refractivity contribution in [3.63, 3.8) is 0 Å². The van der Waals surface area contributed by atoms with Crippen molar-refractivity contribution >= 4 is 18.0 Å². The Morgan fingerprint density at radius 1 is 1.33 bits per heavy atom. The van der Waals surface area contributed by atoms with Gasteiger partial charge in [0.05, 0.1) is 0 Å². The van der Waals surface area contributed by atoms with E-state index >= 15 is 0 Å². The molecule has 0 fully saturated rings. The molecule has 1 N–H and O–H groups in total. The smallest absolute Gasteiger partial charge is 0.308 e. The third-order valence-corrected chi connectivity index (χ3v) is 2.63. The molecule has 0 spiro atoms. The van der Waals surface area contributed by atoms with E-state index in [1.807, 2.05) is 13.0 Å². The second-order valence-corrected chi connectivity index (χ2v) is 4.44. The molecule has 0 aliphatic carbocycles. The lowest BCUT2D eigenvalue weighted by molar-refractivity contribution is -0.131. The number of nitrogens with one attached hydrogen (secondary N) is 1. The van der Waals surface area contributed by atoms with Gasteiger partial charge in [-0.2, -0.15) is 5.26 Å².